The van der Waals surface area contributed by atoms with Gasteiger partial charge in [-0.1, -0.05) is 6.07 Å². The predicted molar refractivity (Wildman–Crippen MR) is 77.6 cm³/mol. The van der Waals surface area contributed by atoms with Crippen LogP contribution in [0, 0.1) is 5.82 Å². The zero-order valence-corrected chi connectivity index (χ0v) is 12.4. The summed E-state index contributed by atoms with van der Waals surface area (Å²) < 4.78 is 24.3. The Morgan fingerprint density at radius 2 is 1.90 bits per heavy atom. The van der Waals surface area contributed by atoms with Crippen molar-refractivity contribution in [3.8, 4) is 0 Å². The summed E-state index contributed by atoms with van der Waals surface area (Å²) in [5, 5.41) is 9.48. The molecule has 0 fully saturated rings. The molecule has 1 N–H and O–H groups in total. The van der Waals surface area contributed by atoms with Crippen LogP contribution in [-0.2, 0) is 9.47 Å². The lowest BCUT2D eigenvalue weighted by molar-refractivity contribution is 0.190. The number of hydrogen-bond donors (Lipinski definition) is 1. The van der Waals surface area contributed by atoms with E-state index in [1.807, 2.05) is 4.90 Å². The Kier molecular flexibility index (Phi) is 7.51. The number of aliphatic hydroxyl groups is 1. The van der Waals surface area contributed by atoms with E-state index in [1.165, 1.54) is 6.07 Å². The predicted octanol–water partition coefficient (Wildman–Crippen LogP) is 2.37. The zero-order chi connectivity index (χ0) is 15.0. The summed E-state index contributed by atoms with van der Waals surface area (Å²) in [6.07, 6.45) is 0.150. The Hall–Kier alpha value is -1.17. The minimum atomic E-state index is -0.667. The zero-order valence-electron chi connectivity index (χ0n) is 12.4. The molecule has 0 aromatic heterocycles. The highest BCUT2D eigenvalue weighted by Crippen LogP contribution is 2.23. The number of hydrogen-bond acceptors (Lipinski definition) is 4. The lowest BCUT2D eigenvalue weighted by atomic mass is 10.1. The molecule has 0 bridgehead atoms. The average molecular weight is 285 g/mol. The molecule has 0 aliphatic rings. The van der Waals surface area contributed by atoms with Gasteiger partial charge in [0.05, 0.1) is 18.4 Å². The van der Waals surface area contributed by atoms with Crippen LogP contribution in [0.2, 0.25) is 0 Å². The maximum atomic E-state index is 14.2. The molecule has 0 radical (unpaired) electrons. The summed E-state index contributed by atoms with van der Waals surface area (Å²) >= 11 is 0. The molecule has 0 aliphatic carbocycles. The van der Waals surface area contributed by atoms with Gasteiger partial charge in [-0.25, -0.2) is 4.39 Å². The SMILES string of the molecule is COCCCN(CCOC)c1ccc([C@@H](C)O)cc1F. The highest BCUT2D eigenvalue weighted by atomic mass is 19.1. The standard InChI is InChI=1S/C15H24FNO3/c1-12(18)13-5-6-15(14(16)11-13)17(8-10-20-3)7-4-9-19-2/h5-6,11-12,18H,4,7-10H2,1-3H3/t12-/m1/s1. The van der Waals surface area contributed by atoms with E-state index < -0.39 is 6.10 Å². The molecular weight excluding hydrogens is 261 g/mol. The first-order valence-corrected chi connectivity index (χ1v) is 6.80. The monoisotopic (exact) mass is 285 g/mol. The van der Waals surface area contributed by atoms with Crippen LogP contribution in [0.15, 0.2) is 18.2 Å². The molecule has 0 spiro atoms. The number of nitrogens with zero attached hydrogens (tertiary/aromatic N) is 1. The van der Waals surface area contributed by atoms with Gasteiger partial charge in [0.25, 0.3) is 0 Å². The fourth-order valence-corrected chi connectivity index (χ4v) is 1.99. The molecule has 1 aromatic rings. The maximum absolute atomic E-state index is 14.2. The van der Waals surface area contributed by atoms with Gasteiger partial charge in [0.15, 0.2) is 0 Å². The van der Waals surface area contributed by atoms with E-state index in [4.69, 9.17) is 9.47 Å². The van der Waals surface area contributed by atoms with E-state index in [-0.39, 0.29) is 5.82 Å². The molecule has 0 amide bonds. The van der Waals surface area contributed by atoms with Crippen molar-refractivity contribution in [3.63, 3.8) is 0 Å². The second-order valence-corrected chi connectivity index (χ2v) is 4.71. The number of methoxy groups -OCH3 is 2. The minimum Gasteiger partial charge on any atom is -0.389 e. The van der Waals surface area contributed by atoms with Gasteiger partial charge < -0.3 is 19.5 Å². The summed E-state index contributed by atoms with van der Waals surface area (Å²) in [4.78, 5) is 1.93. The molecule has 0 saturated heterocycles. The van der Waals surface area contributed by atoms with Gasteiger partial charge in [0.1, 0.15) is 5.82 Å². The summed E-state index contributed by atoms with van der Waals surface area (Å²) in [6, 6.07) is 4.84. The van der Waals surface area contributed by atoms with Gasteiger partial charge in [0, 0.05) is 33.9 Å². The van der Waals surface area contributed by atoms with Gasteiger partial charge in [-0.05, 0) is 31.0 Å². The number of halogens is 1. The van der Waals surface area contributed by atoms with Crippen LogP contribution in [0.1, 0.15) is 25.0 Å². The summed E-state index contributed by atoms with van der Waals surface area (Å²) in [5.41, 5.74) is 1.11. The van der Waals surface area contributed by atoms with Crippen molar-refractivity contribution in [2.24, 2.45) is 0 Å². The molecule has 0 aliphatic heterocycles. The topological polar surface area (TPSA) is 41.9 Å². The number of ether oxygens (including phenoxy) is 2. The minimum absolute atomic E-state index is 0.322. The highest BCUT2D eigenvalue weighted by molar-refractivity contribution is 5.49. The van der Waals surface area contributed by atoms with Crippen molar-refractivity contribution in [1.29, 1.82) is 0 Å². The Bertz CT molecular complexity index is 399. The van der Waals surface area contributed by atoms with Crippen molar-refractivity contribution in [1.82, 2.24) is 0 Å². The first kappa shape index (κ1) is 16.9. The van der Waals surface area contributed by atoms with Crippen molar-refractivity contribution < 1.29 is 19.0 Å². The van der Waals surface area contributed by atoms with Gasteiger partial charge in [-0.15, -0.1) is 0 Å². The lowest BCUT2D eigenvalue weighted by Crippen LogP contribution is -2.29. The molecule has 0 saturated carbocycles. The van der Waals surface area contributed by atoms with E-state index in [0.29, 0.717) is 37.6 Å². The van der Waals surface area contributed by atoms with Crippen LogP contribution < -0.4 is 4.90 Å². The molecule has 1 aromatic carbocycles. The second-order valence-electron chi connectivity index (χ2n) is 4.71. The number of aliphatic hydroxyl groups excluding tert-OH is 1. The van der Waals surface area contributed by atoms with Crippen molar-refractivity contribution >= 4 is 5.69 Å². The van der Waals surface area contributed by atoms with Crippen LogP contribution in [0.4, 0.5) is 10.1 Å². The van der Waals surface area contributed by atoms with Crippen molar-refractivity contribution in [2.75, 3.05) is 45.4 Å². The Balaban J connectivity index is 2.82. The third-order valence-corrected chi connectivity index (χ3v) is 3.14. The van der Waals surface area contributed by atoms with Crippen LogP contribution >= 0.6 is 0 Å². The molecule has 1 rings (SSSR count). The van der Waals surface area contributed by atoms with E-state index in [2.05, 4.69) is 0 Å². The fraction of sp³-hybridized carbons (Fsp3) is 0.600. The van der Waals surface area contributed by atoms with Crippen LogP contribution in [-0.4, -0.2) is 45.6 Å². The molecule has 0 heterocycles. The summed E-state index contributed by atoms with van der Waals surface area (Å²) in [7, 11) is 3.28. The molecule has 4 nitrogen and oxygen atoms in total. The summed E-state index contributed by atoms with van der Waals surface area (Å²) in [5.74, 6) is -0.322. The maximum Gasteiger partial charge on any atom is 0.146 e. The molecule has 0 unspecified atom stereocenters. The van der Waals surface area contributed by atoms with Gasteiger partial charge >= 0.3 is 0 Å². The van der Waals surface area contributed by atoms with E-state index in [1.54, 1.807) is 33.3 Å². The lowest BCUT2D eigenvalue weighted by Gasteiger charge is -2.25. The van der Waals surface area contributed by atoms with Crippen LogP contribution in [0.25, 0.3) is 0 Å². The molecule has 114 valence electrons. The van der Waals surface area contributed by atoms with E-state index in [0.717, 1.165) is 6.42 Å². The number of anilines is 1. The van der Waals surface area contributed by atoms with Crippen molar-refractivity contribution in [2.45, 2.75) is 19.4 Å². The molecule has 1 atom stereocenters. The Morgan fingerprint density at radius 3 is 2.45 bits per heavy atom. The van der Waals surface area contributed by atoms with Crippen LogP contribution in [0.3, 0.4) is 0 Å². The number of benzene rings is 1. The van der Waals surface area contributed by atoms with Gasteiger partial charge in [-0.2, -0.15) is 0 Å². The first-order valence-electron chi connectivity index (χ1n) is 6.80. The Morgan fingerprint density at radius 1 is 1.20 bits per heavy atom. The normalized spacial score (nSPS) is 12.4. The smallest absolute Gasteiger partial charge is 0.146 e. The van der Waals surface area contributed by atoms with Gasteiger partial charge in [0.2, 0.25) is 0 Å². The van der Waals surface area contributed by atoms with Crippen LogP contribution in [0.5, 0.6) is 0 Å². The third kappa shape index (κ3) is 5.07. The summed E-state index contributed by atoms with van der Waals surface area (Å²) in [6.45, 7) is 4.10. The first-order chi connectivity index (χ1) is 9.60. The third-order valence-electron chi connectivity index (χ3n) is 3.14. The highest BCUT2D eigenvalue weighted by Gasteiger charge is 2.13. The molecule has 20 heavy (non-hydrogen) atoms. The Labute approximate surface area is 120 Å². The fourth-order valence-electron chi connectivity index (χ4n) is 1.99. The number of rotatable bonds is 9. The van der Waals surface area contributed by atoms with E-state index >= 15 is 0 Å². The van der Waals surface area contributed by atoms with Crippen molar-refractivity contribution in [3.05, 3.63) is 29.6 Å². The second kappa shape index (κ2) is 8.89. The quantitative estimate of drug-likeness (QED) is 0.707. The van der Waals surface area contributed by atoms with E-state index in [9.17, 15) is 9.50 Å². The molecular formula is C15H24FNO3. The largest absolute Gasteiger partial charge is 0.389 e. The van der Waals surface area contributed by atoms with Gasteiger partial charge in [-0.3, -0.25) is 0 Å². The molecule has 5 heteroatoms. The average Bonchev–Trinajstić information content (AvgIpc) is 2.43.